The Hall–Kier alpha value is -2.85. The molecule has 1 aliphatic heterocycles. The fourth-order valence-corrected chi connectivity index (χ4v) is 5.30. The molecule has 8 nitrogen and oxygen atoms in total. The molecule has 2 amide bonds. The van der Waals surface area contributed by atoms with Crippen molar-refractivity contribution in [1.82, 2.24) is 14.8 Å². The smallest absolute Gasteiger partial charge is 0.265 e. The van der Waals surface area contributed by atoms with Crippen LogP contribution in [0.15, 0.2) is 46.0 Å². The lowest BCUT2D eigenvalue weighted by molar-refractivity contribution is -0.121. The molecule has 1 N–H and O–H groups in total. The van der Waals surface area contributed by atoms with Crippen LogP contribution in [0.5, 0.6) is 5.75 Å². The first kappa shape index (κ1) is 23.3. The molecular formula is C23H24BrN5O3S. The molecule has 0 fully saturated rings. The lowest BCUT2D eigenvalue weighted by Gasteiger charge is -2.33. The van der Waals surface area contributed by atoms with Gasteiger partial charge in [-0.15, -0.1) is 10.2 Å². The second kappa shape index (κ2) is 9.56. The second-order valence-electron chi connectivity index (χ2n) is 7.85. The number of hydrogen-bond acceptors (Lipinski definition) is 6. The third-order valence-corrected chi connectivity index (χ3v) is 6.95. The molecule has 1 aliphatic rings. The van der Waals surface area contributed by atoms with Gasteiger partial charge < -0.3 is 14.6 Å². The number of anilines is 2. The summed E-state index contributed by atoms with van der Waals surface area (Å²) in [5.74, 6) is 1.22. The van der Waals surface area contributed by atoms with Crippen molar-refractivity contribution in [2.45, 2.75) is 32.0 Å². The molecule has 1 atom stereocenters. The van der Waals surface area contributed by atoms with Crippen LogP contribution >= 0.6 is 27.7 Å². The Bertz CT molecular complexity index is 1210. The van der Waals surface area contributed by atoms with Crippen LogP contribution in [0.2, 0.25) is 0 Å². The molecular weight excluding hydrogens is 506 g/mol. The predicted molar refractivity (Wildman–Crippen MR) is 132 cm³/mol. The molecule has 0 saturated carbocycles. The molecule has 33 heavy (non-hydrogen) atoms. The van der Waals surface area contributed by atoms with E-state index in [9.17, 15) is 9.59 Å². The highest BCUT2D eigenvalue weighted by Gasteiger charge is 2.32. The average Bonchev–Trinajstić information content (AvgIpc) is 3.14. The number of aromatic nitrogens is 3. The first-order chi connectivity index (χ1) is 15.8. The van der Waals surface area contributed by atoms with Gasteiger partial charge in [0.1, 0.15) is 5.75 Å². The van der Waals surface area contributed by atoms with Crippen LogP contribution < -0.4 is 15.0 Å². The zero-order chi connectivity index (χ0) is 23.7. The summed E-state index contributed by atoms with van der Waals surface area (Å²) in [7, 11) is 1.84. The number of para-hydroxylation sites is 2. The molecule has 0 bridgehead atoms. The minimum absolute atomic E-state index is 0.0180. The van der Waals surface area contributed by atoms with E-state index in [1.807, 2.05) is 68.8 Å². The number of thioether (sulfide) groups is 1. The maximum Gasteiger partial charge on any atom is 0.265 e. The minimum atomic E-state index is -0.351. The summed E-state index contributed by atoms with van der Waals surface area (Å²) < 4.78 is 8.34. The van der Waals surface area contributed by atoms with Crippen molar-refractivity contribution in [3.05, 3.63) is 57.8 Å². The molecule has 0 spiro atoms. The Balaban J connectivity index is 1.46. The third-order valence-electron chi connectivity index (χ3n) is 5.47. The van der Waals surface area contributed by atoms with Gasteiger partial charge in [-0.25, -0.2) is 0 Å². The molecule has 2 heterocycles. The van der Waals surface area contributed by atoms with Gasteiger partial charge in [0, 0.05) is 17.2 Å². The Morgan fingerprint density at radius 3 is 2.67 bits per heavy atom. The summed E-state index contributed by atoms with van der Waals surface area (Å²) in [6, 6.07) is 11.0. The van der Waals surface area contributed by atoms with E-state index < -0.39 is 0 Å². The van der Waals surface area contributed by atoms with Crippen molar-refractivity contribution in [3.63, 3.8) is 0 Å². The Morgan fingerprint density at radius 2 is 1.94 bits per heavy atom. The summed E-state index contributed by atoms with van der Waals surface area (Å²) in [4.78, 5) is 26.9. The molecule has 3 aromatic rings. The van der Waals surface area contributed by atoms with E-state index in [0.29, 0.717) is 22.4 Å². The summed E-state index contributed by atoms with van der Waals surface area (Å²) >= 11 is 4.77. The maximum atomic E-state index is 12.6. The number of ether oxygens (including phenoxy) is 1. The number of halogens is 1. The van der Waals surface area contributed by atoms with Crippen LogP contribution in [0.3, 0.4) is 0 Å². The van der Waals surface area contributed by atoms with Gasteiger partial charge in [0.05, 0.1) is 17.5 Å². The fourth-order valence-electron chi connectivity index (χ4n) is 3.89. The number of hydrogen-bond donors (Lipinski definition) is 1. The molecule has 4 rings (SSSR count). The maximum absolute atomic E-state index is 12.6. The van der Waals surface area contributed by atoms with E-state index in [0.717, 1.165) is 21.3 Å². The summed E-state index contributed by atoms with van der Waals surface area (Å²) in [5, 5.41) is 12.2. The SMILES string of the molecule is Cc1cc(Br)cc(C)c1NC(=O)CSc1nnc([C@@H](C)N2C(=O)COc3ccccc32)n1C. The molecule has 172 valence electrons. The number of carbonyl (C=O) groups excluding carboxylic acids is 2. The number of aryl methyl sites for hydroxylation is 2. The highest BCUT2D eigenvalue weighted by Crippen LogP contribution is 2.37. The van der Waals surface area contributed by atoms with Crippen molar-refractivity contribution in [1.29, 1.82) is 0 Å². The van der Waals surface area contributed by atoms with Crippen LogP contribution in [0.1, 0.15) is 29.9 Å². The first-order valence-corrected chi connectivity index (χ1v) is 12.2. The molecule has 0 aliphatic carbocycles. The van der Waals surface area contributed by atoms with Crippen LogP contribution in [0.25, 0.3) is 0 Å². The lowest BCUT2D eigenvalue weighted by atomic mass is 10.1. The van der Waals surface area contributed by atoms with Gasteiger partial charge >= 0.3 is 0 Å². The highest BCUT2D eigenvalue weighted by molar-refractivity contribution is 9.10. The number of benzene rings is 2. The van der Waals surface area contributed by atoms with Gasteiger partial charge in [0.25, 0.3) is 5.91 Å². The Labute approximate surface area is 204 Å². The first-order valence-electron chi connectivity index (χ1n) is 10.4. The fraction of sp³-hybridized carbons (Fsp3) is 0.304. The van der Waals surface area contributed by atoms with Crippen LogP contribution in [-0.4, -0.2) is 38.9 Å². The molecule has 2 aromatic carbocycles. The van der Waals surface area contributed by atoms with Crippen molar-refractivity contribution in [3.8, 4) is 5.75 Å². The van der Waals surface area contributed by atoms with Gasteiger partial charge in [0.15, 0.2) is 17.6 Å². The number of carbonyl (C=O) groups is 2. The number of nitrogens with one attached hydrogen (secondary N) is 1. The summed E-state index contributed by atoms with van der Waals surface area (Å²) in [6.07, 6.45) is 0. The summed E-state index contributed by atoms with van der Waals surface area (Å²) in [5.41, 5.74) is 3.51. The van der Waals surface area contributed by atoms with E-state index in [1.165, 1.54) is 11.8 Å². The monoisotopic (exact) mass is 529 g/mol. The number of nitrogens with zero attached hydrogens (tertiary/aromatic N) is 4. The molecule has 0 unspecified atom stereocenters. The van der Waals surface area contributed by atoms with Gasteiger partial charge in [-0.2, -0.15) is 0 Å². The number of fused-ring (bicyclic) bond motifs is 1. The molecule has 0 radical (unpaired) electrons. The van der Waals surface area contributed by atoms with Crippen molar-refractivity contribution in [2.75, 3.05) is 22.6 Å². The van der Waals surface area contributed by atoms with Crippen molar-refractivity contribution < 1.29 is 14.3 Å². The molecule has 10 heteroatoms. The zero-order valence-electron chi connectivity index (χ0n) is 18.8. The van der Waals surface area contributed by atoms with Crippen molar-refractivity contribution >= 4 is 50.9 Å². The lowest BCUT2D eigenvalue weighted by Crippen LogP contribution is -2.41. The largest absolute Gasteiger partial charge is 0.482 e. The minimum Gasteiger partial charge on any atom is -0.482 e. The third kappa shape index (κ3) is 4.77. The van der Waals surface area contributed by atoms with E-state index in [1.54, 1.807) is 4.90 Å². The van der Waals surface area contributed by atoms with Gasteiger partial charge in [0.2, 0.25) is 5.91 Å². The van der Waals surface area contributed by atoms with E-state index in [-0.39, 0.29) is 30.2 Å². The van der Waals surface area contributed by atoms with Crippen LogP contribution in [0, 0.1) is 13.8 Å². The van der Waals surface area contributed by atoms with Crippen molar-refractivity contribution in [2.24, 2.45) is 7.05 Å². The van der Waals surface area contributed by atoms with E-state index in [4.69, 9.17) is 4.74 Å². The normalized spacial score (nSPS) is 14.0. The topological polar surface area (TPSA) is 89.3 Å². The predicted octanol–water partition coefficient (Wildman–Crippen LogP) is 4.41. The Kier molecular flexibility index (Phi) is 6.76. The molecule has 0 saturated heterocycles. The zero-order valence-corrected chi connectivity index (χ0v) is 21.2. The van der Waals surface area contributed by atoms with E-state index in [2.05, 4.69) is 31.4 Å². The highest BCUT2D eigenvalue weighted by atomic mass is 79.9. The number of rotatable bonds is 6. The Morgan fingerprint density at radius 1 is 1.24 bits per heavy atom. The van der Waals surface area contributed by atoms with Gasteiger partial charge in [-0.3, -0.25) is 14.5 Å². The molecule has 1 aromatic heterocycles. The quantitative estimate of drug-likeness (QED) is 0.475. The number of amides is 2. The van der Waals surface area contributed by atoms with Gasteiger partial charge in [-0.1, -0.05) is 39.8 Å². The average molecular weight is 530 g/mol. The second-order valence-corrected chi connectivity index (χ2v) is 9.71. The van der Waals surface area contributed by atoms with Crippen LogP contribution in [-0.2, 0) is 16.6 Å². The summed E-state index contributed by atoms with van der Waals surface area (Å²) in [6.45, 7) is 5.81. The standard InChI is InChI=1S/C23H24BrN5O3S/c1-13-9-16(24)10-14(2)21(13)25-19(30)12-33-23-27-26-22(28(23)4)15(3)29-17-7-5-6-8-18(17)32-11-20(29)31/h5-10,15H,11-12H2,1-4H3,(H,25,30)/t15-/m1/s1. The van der Waals surface area contributed by atoms with E-state index >= 15 is 0 Å². The van der Waals surface area contributed by atoms with Crippen LogP contribution in [0.4, 0.5) is 11.4 Å². The van der Waals surface area contributed by atoms with Gasteiger partial charge in [-0.05, 0) is 56.2 Å².